The molecule has 2 heterocycles. The zero-order valence-corrected chi connectivity index (χ0v) is 16.3. The Bertz CT molecular complexity index is 1110. The van der Waals surface area contributed by atoms with Crippen molar-refractivity contribution in [1.29, 1.82) is 0 Å². The monoisotopic (exact) mass is 408 g/mol. The van der Waals surface area contributed by atoms with Gasteiger partial charge in [-0.25, -0.2) is 4.39 Å². The van der Waals surface area contributed by atoms with E-state index >= 15 is 0 Å². The predicted molar refractivity (Wildman–Crippen MR) is 109 cm³/mol. The molecule has 29 heavy (non-hydrogen) atoms. The van der Waals surface area contributed by atoms with Gasteiger partial charge in [-0.2, -0.15) is 0 Å². The molecule has 0 fully saturated rings. The molecule has 2 aromatic carbocycles. The second kappa shape index (κ2) is 8.28. The number of para-hydroxylation sites is 1. The van der Waals surface area contributed by atoms with E-state index in [1.54, 1.807) is 31.4 Å². The second-order valence-corrected chi connectivity index (χ2v) is 7.23. The van der Waals surface area contributed by atoms with Gasteiger partial charge in [0.25, 0.3) is 5.91 Å². The summed E-state index contributed by atoms with van der Waals surface area (Å²) < 4.78 is 24.0. The maximum atomic E-state index is 13.3. The van der Waals surface area contributed by atoms with Gasteiger partial charge >= 0.3 is 0 Å². The van der Waals surface area contributed by atoms with E-state index in [9.17, 15) is 9.18 Å². The third-order valence-electron chi connectivity index (χ3n) is 4.42. The van der Waals surface area contributed by atoms with Gasteiger partial charge in [0, 0.05) is 10.9 Å². The van der Waals surface area contributed by atoms with Crippen molar-refractivity contribution in [3.05, 3.63) is 94.1 Å². The Morgan fingerprint density at radius 2 is 1.93 bits per heavy atom. The van der Waals surface area contributed by atoms with Gasteiger partial charge in [-0.15, -0.1) is 11.3 Å². The van der Waals surface area contributed by atoms with Gasteiger partial charge in [-0.1, -0.05) is 35.5 Å². The minimum Gasteiger partial charge on any atom is -0.496 e. The van der Waals surface area contributed by atoms with E-state index in [0.717, 1.165) is 10.4 Å². The van der Waals surface area contributed by atoms with E-state index in [4.69, 9.17) is 9.26 Å². The zero-order chi connectivity index (χ0) is 20.2. The highest BCUT2D eigenvalue weighted by Crippen LogP contribution is 2.31. The van der Waals surface area contributed by atoms with Crippen LogP contribution in [0.25, 0.3) is 11.3 Å². The number of nitrogens with zero attached hydrogens (tertiary/aromatic N) is 1. The molecular formula is C22H17FN2O3S. The van der Waals surface area contributed by atoms with E-state index in [2.05, 4.69) is 10.5 Å². The molecule has 5 nitrogen and oxygen atoms in total. The summed E-state index contributed by atoms with van der Waals surface area (Å²) in [6.45, 7) is 0. The van der Waals surface area contributed by atoms with Crippen LogP contribution in [0.5, 0.6) is 5.75 Å². The molecule has 2 aromatic heterocycles. The molecule has 1 atom stereocenters. The SMILES string of the molecule is COc1ccccc1-c1cc(C(=O)NC(c2ccc(F)cc2)c2cccs2)no1. The molecule has 0 saturated carbocycles. The maximum absolute atomic E-state index is 13.3. The Hall–Kier alpha value is -3.45. The average Bonchev–Trinajstić information content (AvgIpc) is 3.45. The number of aromatic nitrogens is 1. The second-order valence-electron chi connectivity index (χ2n) is 6.25. The molecule has 4 rings (SSSR count). The van der Waals surface area contributed by atoms with E-state index in [-0.39, 0.29) is 11.5 Å². The number of thiophene rings is 1. The number of nitrogens with one attached hydrogen (secondary N) is 1. The van der Waals surface area contributed by atoms with E-state index in [1.165, 1.54) is 23.5 Å². The molecule has 1 amide bonds. The average molecular weight is 408 g/mol. The highest BCUT2D eigenvalue weighted by Gasteiger charge is 2.22. The third kappa shape index (κ3) is 4.05. The third-order valence-corrected chi connectivity index (χ3v) is 5.36. The van der Waals surface area contributed by atoms with E-state index in [0.29, 0.717) is 17.1 Å². The minimum absolute atomic E-state index is 0.148. The number of ether oxygens (including phenoxy) is 1. The summed E-state index contributed by atoms with van der Waals surface area (Å²) in [5.41, 5.74) is 1.63. The molecule has 1 unspecified atom stereocenters. The van der Waals surface area contributed by atoms with Crippen molar-refractivity contribution in [3.8, 4) is 17.1 Å². The van der Waals surface area contributed by atoms with Crippen LogP contribution in [-0.4, -0.2) is 18.2 Å². The molecule has 4 aromatic rings. The summed E-state index contributed by atoms with van der Waals surface area (Å²) in [7, 11) is 1.57. The summed E-state index contributed by atoms with van der Waals surface area (Å²) in [6.07, 6.45) is 0. The number of methoxy groups -OCH3 is 1. The Morgan fingerprint density at radius 1 is 1.14 bits per heavy atom. The van der Waals surface area contributed by atoms with Crippen LogP contribution in [0.1, 0.15) is 27.0 Å². The normalized spacial score (nSPS) is 11.8. The lowest BCUT2D eigenvalue weighted by Gasteiger charge is -2.17. The van der Waals surface area contributed by atoms with Gasteiger partial charge in [0.05, 0.1) is 18.7 Å². The summed E-state index contributed by atoms with van der Waals surface area (Å²) >= 11 is 1.51. The van der Waals surface area contributed by atoms with Crippen LogP contribution in [0.15, 0.2) is 76.6 Å². The van der Waals surface area contributed by atoms with Crippen molar-refractivity contribution in [2.45, 2.75) is 6.04 Å². The van der Waals surface area contributed by atoms with Gasteiger partial charge in [-0.05, 0) is 41.3 Å². The molecule has 146 valence electrons. The molecule has 1 N–H and O–H groups in total. The molecule has 0 radical (unpaired) electrons. The van der Waals surface area contributed by atoms with Crippen LogP contribution in [0, 0.1) is 5.82 Å². The van der Waals surface area contributed by atoms with Crippen LogP contribution >= 0.6 is 11.3 Å². The van der Waals surface area contributed by atoms with Crippen LogP contribution in [-0.2, 0) is 0 Å². The number of halogens is 1. The van der Waals surface area contributed by atoms with Gasteiger partial charge < -0.3 is 14.6 Å². The Morgan fingerprint density at radius 3 is 2.66 bits per heavy atom. The lowest BCUT2D eigenvalue weighted by Crippen LogP contribution is -2.29. The first kappa shape index (κ1) is 18.9. The molecule has 7 heteroatoms. The quantitative estimate of drug-likeness (QED) is 0.484. The fraction of sp³-hybridized carbons (Fsp3) is 0.0909. The first-order valence-electron chi connectivity index (χ1n) is 8.85. The topological polar surface area (TPSA) is 64.4 Å². The minimum atomic E-state index is -0.422. The summed E-state index contributed by atoms with van der Waals surface area (Å²) in [6, 6.07) is 18.4. The summed E-state index contributed by atoms with van der Waals surface area (Å²) in [4.78, 5) is 13.8. The van der Waals surface area contributed by atoms with Gasteiger partial charge in [0.2, 0.25) is 0 Å². The lowest BCUT2D eigenvalue weighted by atomic mass is 10.0. The van der Waals surface area contributed by atoms with Crippen LogP contribution < -0.4 is 10.1 Å². The van der Waals surface area contributed by atoms with Crippen molar-refractivity contribution in [1.82, 2.24) is 10.5 Å². The molecular weight excluding hydrogens is 391 g/mol. The lowest BCUT2D eigenvalue weighted by molar-refractivity contribution is 0.0934. The predicted octanol–water partition coefficient (Wildman–Crippen LogP) is 5.07. The van der Waals surface area contributed by atoms with Crippen molar-refractivity contribution in [3.63, 3.8) is 0 Å². The molecule has 0 aliphatic carbocycles. The Kier molecular flexibility index (Phi) is 5.39. The number of hydrogen-bond acceptors (Lipinski definition) is 5. The van der Waals surface area contributed by atoms with E-state index < -0.39 is 11.9 Å². The smallest absolute Gasteiger partial charge is 0.274 e. The first-order chi connectivity index (χ1) is 14.2. The maximum Gasteiger partial charge on any atom is 0.274 e. The Labute approximate surface area is 170 Å². The summed E-state index contributed by atoms with van der Waals surface area (Å²) in [5.74, 6) is 0.334. The highest BCUT2D eigenvalue weighted by atomic mass is 32.1. The van der Waals surface area contributed by atoms with Crippen LogP contribution in [0.4, 0.5) is 4.39 Å². The molecule has 0 aliphatic rings. The molecule has 0 aliphatic heterocycles. The summed E-state index contributed by atoms with van der Waals surface area (Å²) in [5, 5.41) is 8.80. The standard InChI is InChI=1S/C22H17FN2O3S/c1-27-18-6-3-2-5-16(18)19-13-17(25-28-19)22(26)24-21(20-7-4-12-29-20)14-8-10-15(23)11-9-14/h2-13,21H,1H3,(H,24,26). The fourth-order valence-electron chi connectivity index (χ4n) is 2.99. The largest absolute Gasteiger partial charge is 0.496 e. The number of carbonyl (C=O) groups excluding carboxylic acids is 1. The molecule has 0 spiro atoms. The zero-order valence-electron chi connectivity index (χ0n) is 15.5. The van der Waals surface area contributed by atoms with E-state index in [1.807, 2.05) is 35.7 Å². The van der Waals surface area contributed by atoms with Gasteiger partial charge in [-0.3, -0.25) is 4.79 Å². The molecule has 0 saturated heterocycles. The van der Waals surface area contributed by atoms with Crippen LogP contribution in [0.2, 0.25) is 0 Å². The highest BCUT2D eigenvalue weighted by molar-refractivity contribution is 7.10. The fourth-order valence-corrected chi connectivity index (χ4v) is 3.79. The Balaban J connectivity index is 1.60. The van der Waals surface area contributed by atoms with Crippen LogP contribution in [0.3, 0.4) is 0 Å². The first-order valence-corrected chi connectivity index (χ1v) is 9.73. The van der Waals surface area contributed by atoms with Crippen molar-refractivity contribution < 1.29 is 18.4 Å². The number of hydrogen-bond donors (Lipinski definition) is 1. The van der Waals surface area contributed by atoms with Gasteiger partial charge in [0.1, 0.15) is 11.6 Å². The number of rotatable bonds is 6. The number of benzene rings is 2. The van der Waals surface area contributed by atoms with Crippen molar-refractivity contribution in [2.75, 3.05) is 7.11 Å². The van der Waals surface area contributed by atoms with Crippen molar-refractivity contribution in [2.24, 2.45) is 0 Å². The van der Waals surface area contributed by atoms with Crippen molar-refractivity contribution >= 4 is 17.2 Å². The van der Waals surface area contributed by atoms with Gasteiger partial charge in [0.15, 0.2) is 11.5 Å². The molecule has 0 bridgehead atoms. The number of amides is 1. The number of carbonyl (C=O) groups is 1.